The Morgan fingerprint density at radius 2 is 1.71 bits per heavy atom. The molecule has 0 fully saturated rings. The molecule has 9 nitrogen and oxygen atoms in total. The van der Waals surface area contributed by atoms with E-state index in [1.54, 1.807) is 19.1 Å². The van der Waals surface area contributed by atoms with E-state index >= 15 is 0 Å². The van der Waals surface area contributed by atoms with E-state index < -0.39 is 10.0 Å². The number of ether oxygens (including phenoxy) is 2. The average Bonchev–Trinajstić information content (AvgIpc) is 2.90. The van der Waals surface area contributed by atoms with Gasteiger partial charge in [0, 0.05) is 38.2 Å². The van der Waals surface area contributed by atoms with Gasteiger partial charge in [-0.25, -0.2) is 23.1 Å². The summed E-state index contributed by atoms with van der Waals surface area (Å²) in [5.41, 5.74) is 0. The van der Waals surface area contributed by atoms with Gasteiger partial charge in [0.15, 0.2) is 11.5 Å². The molecule has 2 heterocycles. The van der Waals surface area contributed by atoms with Gasteiger partial charge in [0.2, 0.25) is 10.0 Å². The van der Waals surface area contributed by atoms with E-state index in [2.05, 4.69) is 25.3 Å². The molecule has 3 N–H and O–H groups in total. The molecule has 152 valence electrons. The van der Waals surface area contributed by atoms with Crippen LogP contribution in [0.1, 0.15) is 19.2 Å². The van der Waals surface area contributed by atoms with Gasteiger partial charge in [-0.1, -0.05) is 0 Å². The zero-order valence-electron chi connectivity index (χ0n) is 16.0. The molecule has 10 heteroatoms. The first-order valence-corrected chi connectivity index (χ1v) is 10.7. The van der Waals surface area contributed by atoms with Gasteiger partial charge in [-0.3, -0.25) is 0 Å². The van der Waals surface area contributed by atoms with Crippen LogP contribution in [0.5, 0.6) is 11.5 Å². The summed E-state index contributed by atoms with van der Waals surface area (Å²) >= 11 is 0. The van der Waals surface area contributed by atoms with E-state index in [1.165, 1.54) is 12.1 Å². The molecule has 0 unspecified atom stereocenters. The van der Waals surface area contributed by atoms with Crippen molar-refractivity contribution in [2.75, 3.05) is 43.5 Å². The molecule has 1 aliphatic rings. The number of benzene rings is 1. The fraction of sp³-hybridized carbons (Fsp3) is 0.444. The highest BCUT2D eigenvalue weighted by molar-refractivity contribution is 7.89. The summed E-state index contributed by atoms with van der Waals surface area (Å²) in [5, 5.41) is 6.23. The van der Waals surface area contributed by atoms with Crippen LogP contribution in [0.2, 0.25) is 0 Å². The highest BCUT2D eigenvalue weighted by atomic mass is 32.2. The number of anilines is 2. The molecule has 0 bridgehead atoms. The predicted octanol–water partition coefficient (Wildman–Crippen LogP) is 1.77. The number of nitrogens with one attached hydrogen (secondary N) is 3. The van der Waals surface area contributed by atoms with Gasteiger partial charge in [-0.15, -0.1) is 0 Å². The van der Waals surface area contributed by atoms with Gasteiger partial charge in [0.05, 0.1) is 18.1 Å². The number of sulfonamides is 1. The third-order valence-electron chi connectivity index (χ3n) is 3.95. The van der Waals surface area contributed by atoms with Crippen LogP contribution in [-0.2, 0) is 10.0 Å². The second-order valence-electron chi connectivity index (χ2n) is 6.20. The van der Waals surface area contributed by atoms with Gasteiger partial charge >= 0.3 is 0 Å². The van der Waals surface area contributed by atoms with Crippen molar-refractivity contribution < 1.29 is 17.9 Å². The van der Waals surface area contributed by atoms with Crippen LogP contribution in [0.15, 0.2) is 29.2 Å². The lowest BCUT2D eigenvalue weighted by Gasteiger charge is -2.12. The summed E-state index contributed by atoms with van der Waals surface area (Å²) in [4.78, 5) is 8.71. The third kappa shape index (κ3) is 5.23. The smallest absolute Gasteiger partial charge is 0.240 e. The predicted molar refractivity (Wildman–Crippen MR) is 107 cm³/mol. The number of aryl methyl sites for hydroxylation is 1. The maximum absolute atomic E-state index is 12.5. The van der Waals surface area contributed by atoms with Gasteiger partial charge < -0.3 is 20.1 Å². The molecule has 0 aliphatic carbocycles. The van der Waals surface area contributed by atoms with E-state index in [-0.39, 0.29) is 11.4 Å². The van der Waals surface area contributed by atoms with E-state index in [9.17, 15) is 8.42 Å². The molecule has 0 saturated carbocycles. The van der Waals surface area contributed by atoms with E-state index in [0.717, 1.165) is 18.8 Å². The van der Waals surface area contributed by atoms with Crippen molar-refractivity contribution in [1.29, 1.82) is 0 Å². The van der Waals surface area contributed by atoms with Crippen LogP contribution < -0.4 is 24.8 Å². The average molecular weight is 407 g/mol. The fourth-order valence-corrected chi connectivity index (χ4v) is 3.75. The van der Waals surface area contributed by atoms with Crippen LogP contribution in [0.25, 0.3) is 0 Å². The Balaban J connectivity index is 1.58. The van der Waals surface area contributed by atoms with E-state index in [0.29, 0.717) is 42.9 Å². The fourth-order valence-electron chi connectivity index (χ4n) is 2.70. The minimum atomic E-state index is -3.66. The number of fused-ring (bicyclic) bond motifs is 1. The number of hydrogen-bond acceptors (Lipinski definition) is 8. The van der Waals surface area contributed by atoms with Crippen molar-refractivity contribution in [3.63, 3.8) is 0 Å². The molecule has 0 radical (unpaired) electrons. The van der Waals surface area contributed by atoms with Crippen LogP contribution in [0.3, 0.4) is 0 Å². The Bertz CT molecular complexity index is 920. The van der Waals surface area contributed by atoms with Crippen LogP contribution in [-0.4, -0.2) is 51.2 Å². The van der Waals surface area contributed by atoms with Crippen molar-refractivity contribution in [3.05, 3.63) is 30.1 Å². The topological polar surface area (TPSA) is 114 Å². The summed E-state index contributed by atoms with van der Waals surface area (Å²) in [7, 11) is -3.66. The molecule has 1 aliphatic heterocycles. The van der Waals surface area contributed by atoms with Crippen molar-refractivity contribution in [2.24, 2.45) is 0 Å². The number of aromatic nitrogens is 2. The van der Waals surface area contributed by atoms with Crippen LogP contribution >= 0.6 is 0 Å². The molecule has 1 aromatic carbocycles. The maximum atomic E-state index is 12.5. The first-order chi connectivity index (χ1) is 13.5. The molecule has 2 aromatic rings. The Labute approximate surface area is 164 Å². The Kier molecular flexibility index (Phi) is 6.53. The lowest BCUT2D eigenvalue weighted by molar-refractivity contribution is 0.297. The first-order valence-electron chi connectivity index (χ1n) is 9.20. The minimum absolute atomic E-state index is 0.143. The molecule has 0 saturated heterocycles. The molecule has 28 heavy (non-hydrogen) atoms. The van der Waals surface area contributed by atoms with Gasteiger partial charge in [0.1, 0.15) is 17.5 Å². The summed E-state index contributed by atoms with van der Waals surface area (Å²) < 4.78 is 38.7. The molecule has 0 amide bonds. The maximum Gasteiger partial charge on any atom is 0.240 e. The van der Waals surface area contributed by atoms with Crippen molar-refractivity contribution in [1.82, 2.24) is 14.7 Å². The summed E-state index contributed by atoms with van der Waals surface area (Å²) in [6.07, 6.45) is 0.763. The SMILES string of the molecule is CCNc1cc(NCCNS(=O)(=O)c2ccc3c(c2)OCCCO3)nc(C)n1. The van der Waals surface area contributed by atoms with Crippen LogP contribution in [0, 0.1) is 6.92 Å². The van der Waals surface area contributed by atoms with Gasteiger partial charge in [-0.05, 0) is 26.0 Å². The zero-order chi connectivity index (χ0) is 20.0. The van der Waals surface area contributed by atoms with Crippen molar-refractivity contribution in [2.45, 2.75) is 25.2 Å². The van der Waals surface area contributed by atoms with Crippen LogP contribution in [0.4, 0.5) is 11.6 Å². The first kappa shape index (κ1) is 20.2. The highest BCUT2D eigenvalue weighted by Gasteiger charge is 2.18. The largest absolute Gasteiger partial charge is 0.490 e. The van der Waals surface area contributed by atoms with Crippen molar-refractivity contribution in [3.8, 4) is 11.5 Å². The lowest BCUT2D eigenvalue weighted by atomic mass is 10.3. The Morgan fingerprint density at radius 3 is 2.46 bits per heavy atom. The number of nitrogens with zero attached hydrogens (tertiary/aromatic N) is 2. The molecular formula is C18H25N5O4S. The summed E-state index contributed by atoms with van der Waals surface area (Å²) in [6.45, 7) is 6.19. The number of rotatable bonds is 8. The molecule has 0 spiro atoms. The second kappa shape index (κ2) is 9.07. The monoisotopic (exact) mass is 407 g/mol. The van der Waals surface area contributed by atoms with E-state index in [1.807, 2.05) is 6.92 Å². The Hall–Kier alpha value is -2.59. The Morgan fingerprint density at radius 1 is 1.00 bits per heavy atom. The minimum Gasteiger partial charge on any atom is -0.490 e. The normalized spacial score (nSPS) is 13.6. The molecule has 1 aromatic heterocycles. The lowest BCUT2D eigenvalue weighted by Crippen LogP contribution is -2.29. The van der Waals surface area contributed by atoms with Gasteiger partial charge in [-0.2, -0.15) is 0 Å². The summed E-state index contributed by atoms with van der Waals surface area (Å²) in [6, 6.07) is 6.42. The summed E-state index contributed by atoms with van der Waals surface area (Å²) in [5.74, 6) is 3.01. The molecular weight excluding hydrogens is 382 g/mol. The molecule has 0 atom stereocenters. The van der Waals surface area contributed by atoms with Gasteiger partial charge in [0.25, 0.3) is 0 Å². The van der Waals surface area contributed by atoms with E-state index in [4.69, 9.17) is 9.47 Å². The molecule has 3 rings (SSSR count). The second-order valence-corrected chi connectivity index (χ2v) is 7.97. The quantitative estimate of drug-likeness (QED) is 0.567. The third-order valence-corrected chi connectivity index (χ3v) is 5.41. The number of hydrogen-bond donors (Lipinski definition) is 3. The zero-order valence-corrected chi connectivity index (χ0v) is 16.8. The highest BCUT2D eigenvalue weighted by Crippen LogP contribution is 2.31. The van der Waals surface area contributed by atoms with Crippen molar-refractivity contribution >= 4 is 21.7 Å². The standard InChI is InChI=1S/C18H25N5O4S/c1-3-19-17-12-18(23-13(2)22-17)20-7-8-21-28(24,25)14-5-6-15-16(11-14)27-10-4-9-26-15/h5-6,11-12,21H,3-4,7-10H2,1-2H3,(H2,19,20,22,23).